The van der Waals surface area contributed by atoms with Crippen LogP contribution in [0.1, 0.15) is 11.3 Å². The van der Waals surface area contributed by atoms with Gasteiger partial charge in [0.15, 0.2) is 0 Å². The number of benzene rings is 1. The van der Waals surface area contributed by atoms with Gasteiger partial charge in [-0.3, -0.25) is 0 Å². The molecule has 72 valence electrons. The molecule has 0 unspecified atom stereocenters. The zero-order valence-electron chi connectivity index (χ0n) is 8.23. The van der Waals surface area contributed by atoms with Gasteiger partial charge in [0.25, 0.3) is 0 Å². The summed E-state index contributed by atoms with van der Waals surface area (Å²) in [6.45, 7) is 3.87. The number of nitrogens with zero attached hydrogens (tertiary/aromatic N) is 2. The Morgan fingerprint density at radius 2 is 2.07 bits per heavy atom. The van der Waals surface area contributed by atoms with E-state index in [2.05, 4.69) is 4.98 Å². The van der Waals surface area contributed by atoms with E-state index in [1.807, 2.05) is 36.7 Å². The van der Waals surface area contributed by atoms with Crippen LogP contribution < -0.4 is 0 Å². The molecule has 1 aromatic heterocycles. The Bertz CT molecular complexity index is 460. The second-order valence-corrected chi connectivity index (χ2v) is 3.41. The molecule has 0 aliphatic carbocycles. The van der Waals surface area contributed by atoms with E-state index in [0.717, 1.165) is 16.9 Å². The zero-order chi connectivity index (χ0) is 10.1. The number of aryl methyl sites for hydroxylation is 2. The average Bonchev–Trinajstić information content (AvgIpc) is 2.51. The Morgan fingerprint density at radius 1 is 1.29 bits per heavy atom. The zero-order valence-corrected chi connectivity index (χ0v) is 8.23. The van der Waals surface area contributed by atoms with Crippen LogP contribution in [-0.2, 0) is 0 Å². The summed E-state index contributed by atoms with van der Waals surface area (Å²) in [6, 6.07) is 5.58. The predicted octanol–water partition coefficient (Wildman–Crippen LogP) is 2.19. The summed E-state index contributed by atoms with van der Waals surface area (Å²) >= 11 is 0. The van der Waals surface area contributed by atoms with Crippen LogP contribution in [-0.4, -0.2) is 14.7 Å². The highest BCUT2D eigenvalue weighted by Gasteiger charge is 2.03. The lowest BCUT2D eigenvalue weighted by Crippen LogP contribution is -1.90. The Hall–Kier alpha value is -1.77. The van der Waals surface area contributed by atoms with Crippen molar-refractivity contribution in [2.24, 2.45) is 0 Å². The Labute approximate surface area is 82.7 Å². The van der Waals surface area contributed by atoms with Crippen LogP contribution in [0.15, 0.2) is 30.7 Å². The highest BCUT2D eigenvalue weighted by molar-refractivity contribution is 5.47. The SMILES string of the molecule is Cc1ccc(-n2cnc(C)c2)c(O)c1. The van der Waals surface area contributed by atoms with Gasteiger partial charge >= 0.3 is 0 Å². The van der Waals surface area contributed by atoms with Crippen molar-refractivity contribution in [2.75, 3.05) is 0 Å². The van der Waals surface area contributed by atoms with Crippen molar-refractivity contribution in [1.82, 2.24) is 9.55 Å². The van der Waals surface area contributed by atoms with E-state index >= 15 is 0 Å². The fourth-order valence-corrected chi connectivity index (χ4v) is 1.40. The second kappa shape index (κ2) is 3.18. The van der Waals surface area contributed by atoms with E-state index < -0.39 is 0 Å². The molecule has 0 bridgehead atoms. The summed E-state index contributed by atoms with van der Waals surface area (Å²) in [5, 5.41) is 9.71. The number of aromatic nitrogens is 2. The first kappa shape index (κ1) is 8.81. The molecule has 3 heteroatoms. The van der Waals surface area contributed by atoms with E-state index in [1.165, 1.54) is 0 Å². The van der Waals surface area contributed by atoms with Crippen LogP contribution in [0, 0.1) is 13.8 Å². The molecule has 0 saturated heterocycles. The third-order valence-electron chi connectivity index (χ3n) is 2.12. The van der Waals surface area contributed by atoms with Crippen LogP contribution in [0.2, 0.25) is 0 Å². The van der Waals surface area contributed by atoms with E-state index in [4.69, 9.17) is 0 Å². The maximum Gasteiger partial charge on any atom is 0.139 e. The number of aromatic hydroxyl groups is 1. The number of phenolic OH excluding ortho intramolecular Hbond substituents is 1. The van der Waals surface area contributed by atoms with E-state index in [9.17, 15) is 5.11 Å². The maximum absolute atomic E-state index is 9.71. The van der Waals surface area contributed by atoms with Crippen molar-refractivity contribution in [3.8, 4) is 11.4 Å². The molecule has 14 heavy (non-hydrogen) atoms. The van der Waals surface area contributed by atoms with Gasteiger partial charge < -0.3 is 9.67 Å². The van der Waals surface area contributed by atoms with Gasteiger partial charge in [-0.05, 0) is 31.5 Å². The maximum atomic E-state index is 9.71. The highest BCUT2D eigenvalue weighted by atomic mass is 16.3. The van der Waals surface area contributed by atoms with Crippen molar-refractivity contribution in [2.45, 2.75) is 13.8 Å². The van der Waals surface area contributed by atoms with Gasteiger partial charge in [0, 0.05) is 6.20 Å². The number of imidazole rings is 1. The Morgan fingerprint density at radius 3 is 2.64 bits per heavy atom. The predicted molar refractivity (Wildman–Crippen MR) is 54.7 cm³/mol. The van der Waals surface area contributed by atoms with Gasteiger partial charge in [-0.2, -0.15) is 0 Å². The highest BCUT2D eigenvalue weighted by Crippen LogP contribution is 2.22. The first-order valence-corrected chi connectivity index (χ1v) is 4.47. The third-order valence-corrected chi connectivity index (χ3v) is 2.12. The first-order valence-electron chi connectivity index (χ1n) is 4.47. The summed E-state index contributed by atoms with van der Waals surface area (Å²) in [5.41, 5.74) is 2.74. The van der Waals surface area contributed by atoms with Gasteiger partial charge in [-0.15, -0.1) is 0 Å². The molecule has 0 aliphatic heterocycles. The topological polar surface area (TPSA) is 38.0 Å². The molecule has 3 nitrogen and oxygen atoms in total. The van der Waals surface area contributed by atoms with E-state index in [1.54, 1.807) is 12.4 Å². The molecule has 0 aliphatic rings. The van der Waals surface area contributed by atoms with Crippen molar-refractivity contribution in [1.29, 1.82) is 0 Å². The van der Waals surface area contributed by atoms with Gasteiger partial charge in [0.1, 0.15) is 5.75 Å². The van der Waals surface area contributed by atoms with Crippen LogP contribution in [0.4, 0.5) is 0 Å². The minimum atomic E-state index is 0.280. The lowest BCUT2D eigenvalue weighted by atomic mass is 10.2. The molecule has 0 radical (unpaired) electrons. The lowest BCUT2D eigenvalue weighted by molar-refractivity contribution is 0.472. The van der Waals surface area contributed by atoms with Crippen LogP contribution in [0.3, 0.4) is 0 Å². The molecule has 0 spiro atoms. The molecule has 2 rings (SSSR count). The molecule has 0 amide bonds. The summed E-state index contributed by atoms with van der Waals surface area (Å²) < 4.78 is 1.81. The Balaban J connectivity index is 2.52. The fourth-order valence-electron chi connectivity index (χ4n) is 1.40. The number of rotatable bonds is 1. The summed E-state index contributed by atoms with van der Waals surface area (Å²) in [7, 11) is 0. The quantitative estimate of drug-likeness (QED) is 0.745. The van der Waals surface area contributed by atoms with Crippen molar-refractivity contribution in [3.63, 3.8) is 0 Å². The largest absolute Gasteiger partial charge is 0.506 e. The number of phenols is 1. The Kier molecular flexibility index (Phi) is 2.00. The van der Waals surface area contributed by atoms with Crippen molar-refractivity contribution in [3.05, 3.63) is 42.0 Å². The summed E-state index contributed by atoms with van der Waals surface area (Å²) in [5.74, 6) is 0.280. The molecule has 1 N–H and O–H groups in total. The van der Waals surface area contributed by atoms with Crippen LogP contribution in [0.25, 0.3) is 5.69 Å². The molecular weight excluding hydrogens is 176 g/mol. The molecule has 0 saturated carbocycles. The monoisotopic (exact) mass is 188 g/mol. The fraction of sp³-hybridized carbons (Fsp3) is 0.182. The first-order chi connectivity index (χ1) is 6.66. The van der Waals surface area contributed by atoms with Crippen molar-refractivity contribution >= 4 is 0 Å². The summed E-state index contributed by atoms with van der Waals surface area (Å²) in [6.07, 6.45) is 3.57. The smallest absolute Gasteiger partial charge is 0.139 e. The van der Waals surface area contributed by atoms with Crippen LogP contribution in [0.5, 0.6) is 5.75 Å². The molecular formula is C11H12N2O. The van der Waals surface area contributed by atoms with Gasteiger partial charge in [-0.25, -0.2) is 4.98 Å². The van der Waals surface area contributed by atoms with Crippen LogP contribution >= 0.6 is 0 Å². The normalized spacial score (nSPS) is 10.4. The molecule has 1 heterocycles. The van der Waals surface area contributed by atoms with Gasteiger partial charge in [0.05, 0.1) is 17.7 Å². The third kappa shape index (κ3) is 1.48. The average molecular weight is 188 g/mol. The standard InChI is InChI=1S/C11H12N2O/c1-8-3-4-10(11(14)5-8)13-6-9(2)12-7-13/h3-7,14H,1-2H3. The van der Waals surface area contributed by atoms with E-state index in [0.29, 0.717) is 0 Å². The number of hydrogen-bond donors (Lipinski definition) is 1. The van der Waals surface area contributed by atoms with E-state index in [-0.39, 0.29) is 5.75 Å². The number of hydrogen-bond acceptors (Lipinski definition) is 2. The minimum Gasteiger partial charge on any atom is -0.506 e. The molecule has 2 aromatic rings. The molecule has 1 aromatic carbocycles. The second-order valence-electron chi connectivity index (χ2n) is 3.41. The minimum absolute atomic E-state index is 0.280. The van der Waals surface area contributed by atoms with Gasteiger partial charge in [-0.1, -0.05) is 6.07 Å². The lowest BCUT2D eigenvalue weighted by Gasteiger charge is -2.05. The van der Waals surface area contributed by atoms with Gasteiger partial charge in [0.2, 0.25) is 0 Å². The molecule has 0 fully saturated rings. The van der Waals surface area contributed by atoms with Crippen molar-refractivity contribution < 1.29 is 5.11 Å². The molecule has 0 atom stereocenters. The summed E-state index contributed by atoms with van der Waals surface area (Å²) in [4.78, 5) is 4.11.